The van der Waals surface area contributed by atoms with Gasteiger partial charge in [-0.05, 0) is 33.1 Å². The first-order valence-electron chi connectivity index (χ1n) is 7.08. The molecule has 0 aliphatic carbocycles. The molecule has 3 heteroatoms. The number of carbonyl (C=O) groups is 1. The molecule has 17 heavy (non-hydrogen) atoms. The molecule has 0 radical (unpaired) electrons. The quantitative estimate of drug-likeness (QED) is 0.801. The van der Waals surface area contributed by atoms with Crippen LogP contribution in [0, 0.1) is 0 Å². The standard InChI is InChI=1S/C14H28N2O/c1-4-9-14(2,3)15-12-13(17)16-10-7-5-6-8-11-16/h15H,4-12H2,1-3H3. The first-order valence-corrected chi connectivity index (χ1v) is 7.08. The van der Waals surface area contributed by atoms with Crippen molar-refractivity contribution in [1.29, 1.82) is 0 Å². The second-order valence-electron chi connectivity index (χ2n) is 5.78. The molecule has 0 atom stereocenters. The SMILES string of the molecule is CCCC(C)(C)NCC(=O)N1CCCCCC1. The van der Waals surface area contributed by atoms with Crippen molar-refractivity contribution in [3.8, 4) is 0 Å². The van der Waals surface area contributed by atoms with E-state index < -0.39 is 0 Å². The fourth-order valence-electron chi connectivity index (χ4n) is 2.46. The van der Waals surface area contributed by atoms with Gasteiger partial charge < -0.3 is 10.2 Å². The van der Waals surface area contributed by atoms with Crippen LogP contribution in [0.15, 0.2) is 0 Å². The van der Waals surface area contributed by atoms with Crippen molar-refractivity contribution >= 4 is 5.91 Å². The number of hydrogen-bond acceptors (Lipinski definition) is 2. The smallest absolute Gasteiger partial charge is 0.236 e. The highest BCUT2D eigenvalue weighted by atomic mass is 16.2. The minimum atomic E-state index is 0.0796. The summed E-state index contributed by atoms with van der Waals surface area (Å²) in [7, 11) is 0. The third-order valence-electron chi connectivity index (χ3n) is 3.55. The van der Waals surface area contributed by atoms with Crippen LogP contribution < -0.4 is 5.32 Å². The highest BCUT2D eigenvalue weighted by molar-refractivity contribution is 5.78. The minimum Gasteiger partial charge on any atom is -0.342 e. The van der Waals surface area contributed by atoms with Gasteiger partial charge in [-0.1, -0.05) is 26.2 Å². The number of carbonyl (C=O) groups excluding carboxylic acids is 1. The van der Waals surface area contributed by atoms with E-state index in [0.29, 0.717) is 6.54 Å². The van der Waals surface area contributed by atoms with Crippen LogP contribution in [0.4, 0.5) is 0 Å². The van der Waals surface area contributed by atoms with Gasteiger partial charge in [0.05, 0.1) is 6.54 Å². The molecule has 0 bridgehead atoms. The highest BCUT2D eigenvalue weighted by Gasteiger charge is 2.20. The summed E-state index contributed by atoms with van der Waals surface area (Å²) in [5, 5.41) is 3.39. The molecular formula is C14H28N2O. The lowest BCUT2D eigenvalue weighted by atomic mass is 9.99. The predicted molar refractivity (Wildman–Crippen MR) is 72.0 cm³/mol. The third kappa shape index (κ3) is 5.53. The lowest BCUT2D eigenvalue weighted by molar-refractivity contribution is -0.130. The van der Waals surface area contributed by atoms with Crippen LogP contribution in [0.25, 0.3) is 0 Å². The van der Waals surface area contributed by atoms with Gasteiger partial charge in [-0.25, -0.2) is 0 Å². The lowest BCUT2D eigenvalue weighted by Crippen LogP contribution is -2.46. The van der Waals surface area contributed by atoms with Gasteiger partial charge in [0.25, 0.3) is 0 Å². The highest BCUT2D eigenvalue weighted by Crippen LogP contribution is 2.12. The molecule has 0 aromatic heterocycles. The van der Waals surface area contributed by atoms with E-state index in [0.717, 1.165) is 25.9 Å². The fourth-order valence-corrected chi connectivity index (χ4v) is 2.46. The second-order valence-corrected chi connectivity index (χ2v) is 5.78. The summed E-state index contributed by atoms with van der Waals surface area (Å²) < 4.78 is 0. The second kappa shape index (κ2) is 7.00. The summed E-state index contributed by atoms with van der Waals surface area (Å²) in [5.41, 5.74) is 0.0796. The van der Waals surface area contributed by atoms with Crippen LogP contribution in [-0.2, 0) is 4.79 Å². The van der Waals surface area contributed by atoms with Gasteiger partial charge in [0.15, 0.2) is 0 Å². The number of rotatable bonds is 5. The summed E-state index contributed by atoms with van der Waals surface area (Å²) in [5.74, 6) is 0.274. The molecule has 1 saturated heterocycles. The van der Waals surface area contributed by atoms with E-state index in [2.05, 4.69) is 26.1 Å². The average Bonchev–Trinajstić information content (AvgIpc) is 2.54. The van der Waals surface area contributed by atoms with Gasteiger partial charge in [0.1, 0.15) is 0 Å². The van der Waals surface area contributed by atoms with Crippen LogP contribution >= 0.6 is 0 Å². The van der Waals surface area contributed by atoms with Crippen molar-refractivity contribution in [3.63, 3.8) is 0 Å². The van der Waals surface area contributed by atoms with Crippen molar-refractivity contribution in [2.24, 2.45) is 0 Å². The Kier molecular flexibility index (Phi) is 5.96. The maximum atomic E-state index is 12.1. The van der Waals surface area contributed by atoms with E-state index >= 15 is 0 Å². The summed E-state index contributed by atoms with van der Waals surface area (Å²) in [6, 6.07) is 0. The Balaban J connectivity index is 2.32. The van der Waals surface area contributed by atoms with Gasteiger partial charge in [0.2, 0.25) is 5.91 Å². The van der Waals surface area contributed by atoms with E-state index in [-0.39, 0.29) is 11.4 Å². The number of amides is 1. The molecule has 100 valence electrons. The van der Waals surface area contributed by atoms with Gasteiger partial charge in [0, 0.05) is 18.6 Å². The van der Waals surface area contributed by atoms with Crippen LogP contribution in [0.5, 0.6) is 0 Å². The molecular weight excluding hydrogens is 212 g/mol. The first kappa shape index (κ1) is 14.5. The van der Waals surface area contributed by atoms with Gasteiger partial charge in [-0.3, -0.25) is 4.79 Å². The molecule has 1 amide bonds. The molecule has 1 fully saturated rings. The van der Waals surface area contributed by atoms with E-state index in [1.807, 2.05) is 4.90 Å². The molecule has 1 aliphatic rings. The Morgan fingerprint density at radius 2 is 1.76 bits per heavy atom. The number of hydrogen-bond donors (Lipinski definition) is 1. The van der Waals surface area contributed by atoms with E-state index in [1.165, 1.54) is 25.7 Å². The normalized spacial score (nSPS) is 17.9. The van der Waals surface area contributed by atoms with Gasteiger partial charge >= 0.3 is 0 Å². The van der Waals surface area contributed by atoms with E-state index in [9.17, 15) is 4.79 Å². The molecule has 0 spiro atoms. The number of likely N-dealkylation sites (tertiary alicyclic amines) is 1. The Bertz CT molecular complexity index is 230. The third-order valence-corrected chi connectivity index (χ3v) is 3.55. The van der Waals surface area contributed by atoms with E-state index in [4.69, 9.17) is 0 Å². The summed E-state index contributed by atoms with van der Waals surface area (Å²) in [4.78, 5) is 14.1. The molecule has 1 rings (SSSR count). The van der Waals surface area contributed by atoms with Crippen molar-refractivity contribution in [2.75, 3.05) is 19.6 Å². The predicted octanol–water partition coefficient (Wildman–Crippen LogP) is 2.56. The fraction of sp³-hybridized carbons (Fsp3) is 0.929. The summed E-state index contributed by atoms with van der Waals surface area (Å²) in [6.07, 6.45) is 7.16. The zero-order valence-corrected chi connectivity index (χ0v) is 11.7. The molecule has 0 unspecified atom stereocenters. The lowest BCUT2D eigenvalue weighted by Gasteiger charge is -2.28. The molecule has 0 saturated carbocycles. The maximum Gasteiger partial charge on any atom is 0.236 e. The first-order chi connectivity index (χ1) is 8.05. The Hall–Kier alpha value is -0.570. The molecule has 3 nitrogen and oxygen atoms in total. The zero-order valence-electron chi connectivity index (χ0n) is 11.7. The van der Waals surface area contributed by atoms with E-state index in [1.54, 1.807) is 0 Å². The average molecular weight is 240 g/mol. The van der Waals surface area contributed by atoms with Crippen molar-refractivity contribution in [2.45, 2.75) is 64.8 Å². The molecule has 1 aliphatic heterocycles. The zero-order chi connectivity index (χ0) is 12.7. The van der Waals surface area contributed by atoms with Crippen molar-refractivity contribution < 1.29 is 4.79 Å². The van der Waals surface area contributed by atoms with Crippen LogP contribution in [0.2, 0.25) is 0 Å². The summed E-state index contributed by atoms with van der Waals surface area (Å²) >= 11 is 0. The largest absolute Gasteiger partial charge is 0.342 e. The minimum absolute atomic E-state index is 0.0796. The monoisotopic (exact) mass is 240 g/mol. The molecule has 1 heterocycles. The summed E-state index contributed by atoms with van der Waals surface area (Å²) in [6.45, 7) is 8.93. The van der Waals surface area contributed by atoms with Gasteiger partial charge in [-0.2, -0.15) is 0 Å². The molecule has 1 N–H and O–H groups in total. The number of nitrogens with zero attached hydrogens (tertiary/aromatic N) is 1. The van der Waals surface area contributed by atoms with Crippen molar-refractivity contribution in [3.05, 3.63) is 0 Å². The Morgan fingerprint density at radius 1 is 1.18 bits per heavy atom. The van der Waals surface area contributed by atoms with Crippen molar-refractivity contribution in [1.82, 2.24) is 10.2 Å². The van der Waals surface area contributed by atoms with Gasteiger partial charge in [-0.15, -0.1) is 0 Å². The Labute approximate surface area is 106 Å². The van der Waals surface area contributed by atoms with Crippen LogP contribution in [0.3, 0.4) is 0 Å². The van der Waals surface area contributed by atoms with Crippen LogP contribution in [-0.4, -0.2) is 36.0 Å². The Morgan fingerprint density at radius 3 is 2.29 bits per heavy atom. The topological polar surface area (TPSA) is 32.3 Å². The van der Waals surface area contributed by atoms with Crippen LogP contribution in [0.1, 0.15) is 59.3 Å². The maximum absolute atomic E-state index is 12.1. The molecule has 0 aromatic rings. The molecule has 0 aromatic carbocycles. The number of nitrogens with one attached hydrogen (secondary N) is 1.